The third-order valence-electron chi connectivity index (χ3n) is 3.86. The molecule has 1 aliphatic carbocycles. The Morgan fingerprint density at radius 1 is 1.19 bits per heavy atom. The van der Waals surface area contributed by atoms with E-state index in [1.54, 1.807) is 0 Å². The summed E-state index contributed by atoms with van der Waals surface area (Å²) in [6.45, 7) is 0. The highest BCUT2D eigenvalue weighted by Crippen LogP contribution is 2.32. The van der Waals surface area contributed by atoms with Crippen molar-refractivity contribution in [3.63, 3.8) is 0 Å². The second-order valence-electron chi connectivity index (χ2n) is 5.30. The Hall–Kier alpha value is -1.92. The van der Waals surface area contributed by atoms with E-state index in [1.165, 1.54) is 6.07 Å². The summed E-state index contributed by atoms with van der Waals surface area (Å²) in [7, 11) is 0. The monoisotopic (exact) mass is 297 g/mol. The fraction of sp³-hybridized carbons (Fsp3) is 0.500. The smallest absolute Gasteiger partial charge is 0.272 e. The van der Waals surface area contributed by atoms with Gasteiger partial charge in [0.15, 0.2) is 5.82 Å². The number of rotatable bonds is 1. The fourth-order valence-electron chi connectivity index (χ4n) is 2.73. The van der Waals surface area contributed by atoms with Crippen LogP contribution in [0.4, 0.5) is 19.0 Å². The van der Waals surface area contributed by atoms with E-state index in [0.717, 1.165) is 55.1 Å². The second-order valence-corrected chi connectivity index (χ2v) is 5.30. The van der Waals surface area contributed by atoms with Crippen molar-refractivity contribution in [2.24, 2.45) is 11.0 Å². The van der Waals surface area contributed by atoms with Crippen molar-refractivity contribution in [2.75, 3.05) is 5.01 Å². The molecule has 112 valence electrons. The summed E-state index contributed by atoms with van der Waals surface area (Å²) in [6, 6.07) is 2.11. The van der Waals surface area contributed by atoms with E-state index in [1.807, 2.05) is 0 Å². The summed E-state index contributed by atoms with van der Waals surface area (Å²) in [5.41, 5.74) is -0.000960. The molecule has 0 spiro atoms. The lowest BCUT2D eigenvalue weighted by Gasteiger charge is -2.14. The molecule has 2 aliphatic rings. The summed E-state index contributed by atoms with van der Waals surface area (Å²) in [5.74, 6) is -0.260. The highest BCUT2D eigenvalue weighted by atomic mass is 19.4. The van der Waals surface area contributed by atoms with Crippen LogP contribution in [0.15, 0.2) is 23.4 Å². The molecule has 1 aliphatic heterocycles. The Balaban J connectivity index is 1.86. The zero-order chi connectivity index (χ0) is 15.0. The molecule has 1 saturated carbocycles. The molecular formula is C14H14F3N3O. The van der Waals surface area contributed by atoms with Crippen molar-refractivity contribution in [2.45, 2.75) is 38.3 Å². The predicted molar refractivity (Wildman–Crippen MR) is 70.7 cm³/mol. The van der Waals surface area contributed by atoms with Gasteiger partial charge in [-0.1, -0.05) is 12.8 Å². The van der Waals surface area contributed by atoms with Gasteiger partial charge < -0.3 is 0 Å². The largest absolute Gasteiger partial charge is 0.417 e. The minimum absolute atomic E-state index is 0.147. The lowest BCUT2D eigenvalue weighted by Crippen LogP contribution is -2.27. The molecule has 2 heterocycles. The summed E-state index contributed by atoms with van der Waals surface area (Å²) in [4.78, 5) is 16.1. The molecule has 3 rings (SSSR count). The highest BCUT2D eigenvalue weighted by molar-refractivity contribution is 6.15. The first-order chi connectivity index (χ1) is 9.97. The molecule has 21 heavy (non-hydrogen) atoms. The number of anilines is 1. The van der Waals surface area contributed by atoms with Gasteiger partial charge in [0.2, 0.25) is 0 Å². The first-order valence-corrected chi connectivity index (χ1v) is 6.91. The average molecular weight is 297 g/mol. The molecule has 1 unspecified atom stereocenters. The van der Waals surface area contributed by atoms with Gasteiger partial charge in [-0.15, -0.1) is 0 Å². The Kier molecular flexibility index (Phi) is 3.43. The number of carbonyl (C=O) groups is 1. The molecule has 0 N–H and O–H groups in total. The minimum atomic E-state index is -4.43. The quantitative estimate of drug-likeness (QED) is 0.797. The van der Waals surface area contributed by atoms with E-state index in [4.69, 9.17) is 0 Å². The van der Waals surface area contributed by atoms with E-state index in [2.05, 4.69) is 10.1 Å². The van der Waals surface area contributed by atoms with Gasteiger partial charge in [-0.05, 0) is 31.4 Å². The average Bonchev–Trinajstić information content (AvgIpc) is 2.63. The van der Waals surface area contributed by atoms with Crippen molar-refractivity contribution < 1.29 is 18.0 Å². The summed E-state index contributed by atoms with van der Waals surface area (Å²) >= 11 is 0. The molecule has 0 bridgehead atoms. The number of pyridine rings is 1. The molecule has 0 saturated heterocycles. The SMILES string of the molecule is O=C1C2CCCCCC2=NN1c1ccc(C(F)(F)F)cn1. The van der Waals surface area contributed by atoms with Crippen LogP contribution in [0, 0.1) is 5.92 Å². The normalized spacial score (nSPS) is 22.8. The van der Waals surface area contributed by atoms with Crippen molar-refractivity contribution in [1.82, 2.24) is 4.98 Å². The number of fused-ring (bicyclic) bond motifs is 1. The number of amides is 1. The van der Waals surface area contributed by atoms with Crippen LogP contribution >= 0.6 is 0 Å². The van der Waals surface area contributed by atoms with E-state index in [-0.39, 0.29) is 17.6 Å². The zero-order valence-corrected chi connectivity index (χ0v) is 11.2. The first kappa shape index (κ1) is 14.0. The fourth-order valence-corrected chi connectivity index (χ4v) is 2.73. The number of alkyl halides is 3. The van der Waals surface area contributed by atoms with Gasteiger partial charge in [-0.2, -0.15) is 23.3 Å². The molecule has 1 amide bonds. The predicted octanol–water partition coefficient (Wildman–Crippen LogP) is 3.38. The van der Waals surface area contributed by atoms with Crippen LogP contribution < -0.4 is 5.01 Å². The molecule has 1 aromatic heterocycles. The zero-order valence-electron chi connectivity index (χ0n) is 11.2. The number of nitrogens with zero attached hydrogens (tertiary/aromatic N) is 3. The maximum atomic E-state index is 12.5. The molecule has 0 radical (unpaired) electrons. The van der Waals surface area contributed by atoms with Gasteiger partial charge >= 0.3 is 6.18 Å². The van der Waals surface area contributed by atoms with Crippen LogP contribution in [0.2, 0.25) is 0 Å². The molecule has 4 nitrogen and oxygen atoms in total. The number of halogens is 3. The second kappa shape index (κ2) is 5.13. The summed E-state index contributed by atoms with van der Waals surface area (Å²) in [5, 5.41) is 5.41. The topological polar surface area (TPSA) is 45.6 Å². The Morgan fingerprint density at radius 3 is 2.67 bits per heavy atom. The summed E-state index contributed by atoms with van der Waals surface area (Å²) < 4.78 is 37.5. The Labute approximate surface area is 119 Å². The van der Waals surface area contributed by atoms with Crippen molar-refractivity contribution >= 4 is 17.4 Å². The minimum Gasteiger partial charge on any atom is -0.272 e. The standard InChI is InChI=1S/C14H14F3N3O/c15-14(16,17)9-6-7-12(18-8-9)20-13(21)10-4-2-1-3-5-11(10)19-20/h6-8,10H,1-5H2. The van der Waals surface area contributed by atoms with E-state index < -0.39 is 11.7 Å². The van der Waals surface area contributed by atoms with Crippen LogP contribution in [-0.4, -0.2) is 16.6 Å². The van der Waals surface area contributed by atoms with Crippen LogP contribution in [0.5, 0.6) is 0 Å². The van der Waals surface area contributed by atoms with Crippen molar-refractivity contribution in [1.29, 1.82) is 0 Å². The maximum Gasteiger partial charge on any atom is 0.417 e. The third kappa shape index (κ3) is 2.64. The van der Waals surface area contributed by atoms with Crippen LogP contribution in [-0.2, 0) is 11.0 Å². The maximum absolute atomic E-state index is 12.5. The van der Waals surface area contributed by atoms with E-state index in [0.29, 0.717) is 0 Å². The van der Waals surface area contributed by atoms with Crippen LogP contribution in [0.1, 0.15) is 37.7 Å². The van der Waals surface area contributed by atoms with Gasteiger partial charge in [0.05, 0.1) is 17.2 Å². The number of carbonyl (C=O) groups excluding carboxylic acids is 1. The number of aromatic nitrogens is 1. The third-order valence-corrected chi connectivity index (χ3v) is 3.86. The number of hydrogen-bond acceptors (Lipinski definition) is 3. The van der Waals surface area contributed by atoms with Gasteiger partial charge in [-0.3, -0.25) is 4.79 Å². The molecule has 1 atom stereocenters. The number of hydrazone groups is 1. The van der Waals surface area contributed by atoms with Gasteiger partial charge in [-0.25, -0.2) is 4.98 Å². The summed E-state index contributed by atoms with van der Waals surface area (Å²) in [6.07, 6.45) is 0.889. The first-order valence-electron chi connectivity index (χ1n) is 6.91. The molecule has 1 aromatic rings. The van der Waals surface area contributed by atoms with Gasteiger partial charge in [0.25, 0.3) is 5.91 Å². The molecule has 1 fully saturated rings. The van der Waals surface area contributed by atoms with E-state index in [9.17, 15) is 18.0 Å². The van der Waals surface area contributed by atoms with Crippen LogP contribution in [0.3, 0.4) is 0 Å². The Bertz CT molecular complexity index is 580. The van der Waals surface area contributed by atoms with Crippen molar-refractivity contribution in [3.8, 4) is 0 Å². The molecular weight excluding hydrogens is 283 g/mol. The lowest BCUT2D eigenvalue weighted by atomic mass is 9.98. The van der Waals surface area contributed by atoms with Gasteiger partial charge in [0.1, 0.15) is 0 Å². The molecule has 0 aromatic carbocycles. The van der Waals surface area contributed by atoms with Gasteiger partial charge in [0, 0.05) is 6.20 Å². The van der Waals surface area contributed by atoms with Crippen LogP contribution in [0.25, 0.3) is 0 Å². The van der Waals surface area contributed by atoms with E-state index >= 15 is 0 Å². The number of hydrogen-bond donors (Lipinski definition) is 0. The highest BCUT2D eigenvalue weighted by Gasteiger charge is 2.38. The molecule has 7 heteroatoms. The lowest BCUT2D eigenvalue weighted by molar-refractivity contribution is -0.137. The Morgan fingerprint density at radius 2 is 2.00 bits per heavy atom. The van der Waals surface area contributed by atoms with Crippen molar-refractivity contribution in [3.05, 3.63) is 23.9 Å².